The Balaban J connectivity index is 1.87. The summed E-state index contributed by atoms with van der Waals surface area (Å²) < 4.78 is 5.94. The van der Waals surface area contributed by atoms with Gasteiger partial charge < -0.3 is 10.5 Å². The van der Waals surface area contributed by atoms with Gasteiger partial charge in [0.25, 0.3) is 0 Å². The number of aryl methyl sites for hydroxylation is 2. The summed E-state index contributed by atoms with van der Waals surface area (Å²) in [5, 5.41) is 0. The predicted octanol–water partition coefficient (Wildman–Crippen LogP) is 4.51. The maximum Gasteiger partial charge on any atom is 0.122 e. The second-order valence-corrected chi connectivity index (χ2v) is 5.98. The summed E-state index contributed by atoms with van der Waals surface area (Å²) in [6.07, 6.45) is 2.08. The minimum absolute atomic E-state index is 0.420. The molecule has 0 bridgehead atoms. The molecular formula is C20H27NO. The highest BCUT2D eigenvalue weighted by Crippen LogP contribution is 2.24. The minimum Gasteiger partial charge on any atom is -0.493 e. The van der Waals surface area contributed by atoms with E-state index in [1.165, 1.54) is 22.3 Å². The van der Waals surface area contributed by atoms with Gasteiger partial charge in [0.15, 0.2) is 0 Å². The Morgan fingerprint density at radius 1 is 0.955 bits per heavy atom. The fourth-order valence-corrected chi connectivity index (χ4v) is 2.84. The van der Waals surface area contributed by atoms with E-state index in [1.54, 1.807) is 0 Å². The molecule has 118 valence electrons. The molecule has 0 aromatic heterocycles. The average Bonchev–Trinajstić information content (AvgIpc) is 2.52. The van der Waals surface area contributed by atoms with Crippen molar-refractivity contribution in [3.8, 4) is 5.75 Å². The van der Waals surface area contributed by atoms with E-state index in [0.717, 1.165) is 25.2 Å². The molecule has 0 spiro atoms. The molecule has 1 unspecified atom stereocenters. The Kier molecular flexibility index (Phi) is 6.02. The summed E-state index contributed by atoms with van der Waals surface area (Å²) in [5.41, 5.74) is 11.2. The first-order chi connectivity index (χ1) is 10.6. The standard InChI is InChI=1S/C20H27NO/c1-15-9-6-12-20(17(15)3)22-13-7-10-18(14-21)19-11-5-4-8-16(19)2/h4-6,8-9,11-12,18H,7,10,13-14,21H2,1-3H3. The number of nitrogens with two attached hydrogens (primary N) is 1. The van der Waals surface area contributed by atoms with E-state index in [1.807, 2.05) is 12.1 Å². The molecule has 0 aliphatic carbocycles. The number of hydrogen-bond donors (Lipinski definition) is 1. The van der Waals surface area contributed by atoms with Crippen molar-refractivity contribution in [2.45, 2.75) is 39.5 Å². The molecule has 0 radical (unpaired) electrons. The maximum absolute atomic E-state index is 5.97. The lowest BCUT2D eigenvalue weighted by Crippen LogP contribution is -2.14. The zero-order valence-corrected chi connectivity index (χ0v) is 13.9. The monoisotopic (exact) mass is 297 g/mol. The fraction of sp³-hybridized carbons (Fsp3) is 0.400. The van der Waals surface area contributed by atoms with E-state index in [2.05, 4.69) is 51.1 Å². The molecule has 0 amide bonds. The van der Waals surface area contributed by atoms with Crippen LogP contribution in [0.5, 0.6) is 5.75 Å². The Morgan fingerprint density at radius 3 is 2.41 bits per heavy atom. The van der Waals surface area contributed by atoms with E-state index in [0.29, 0.717) is 12.5 Å². The second-order valence-electron chi connectivity index (χ2n) is 5.98. The molecule has 0 fully saturated rings. The molecule has 2 aromatic carbocycles. The zero-order chi connectivity index (χ0) is 15.9. The minimum atomic E-state index is 0.420. The molecule has 0 heterocycles. The topological polar surface area (TPSA) is 35.2 Å². The molecule has 2 N–H and O–H groups in total. The molecular weight excluding hydrogens is 270 g/mol. The van der Waals surface area contributed by atoms with Crippen LogP contribution in [0.15, 0.2) is 42.5 Å². The molecule has 0 aliphatic rings. The lowest BCUT2D eigenvalue weighted by molar-refractivity contribution is 0.299. The molecule has 1 atom stereocenters. The van der Waals surface area contributed by atoms with Crippen molar-refractivity contribution in [3.05, 3.63) is 64.7 Å². The number of rotatable bonds is 7. The van der Waals surface area contributed by atoms with Crippen LogP contribution in [0.25, 0.3) is 0 Å². The van der Waals surface area contributed by atoms with Crippen molar-refractivity contribution in [2.75, 3.05) is 13.2 Å². The van der Waals surface area contributed by atoms with Gasteiger partial charge in [-0.1, -0.05) is 36.4 Å². The molecule has 0 saturated heterocycles. The van der Waals surface area contributed by atoms with Crippen molar-refractivity contribution in [2.24, 2.45) is 5.73 Å². The van der Waals surface area contributed by atoms with Gasteiger partial charge in [0, 0.05) is 0 Å². The summed E-state index contributed by atoms with van der Waals surface area (Å²) in [4.78, 5) is 0. The fourth-order valence-electron chi connectivity index (χ4n) is 2.84. The molecule has 22 heavy (non-hydrogen) atoms. The van der Waals surface area contributed by atoms with Gasteiger partial charge in [0.05, 0.1) is 6.61 Å². The van der Waals surface area contributed by atoms with Crippen molar-refractivity contribution in [1.29, 1.82) is 0 Å². The first kappa shape index (κ1) is 16.6. The second kappa shape index (κ2) is 8.00. The van der Waals surface area contributed by atoms with Gasteiger partial charge in [-0.25, -0.2) is 0 Å². The van der Waals surface area contributed by atoms with Crippen LogP contribution in [0.3, 0.4) is 0 Å². The third-order valence-electron chi connectivity index (χ3n) is 4.42. The van der Waals surface area contributed by atoms with Gasteiger partial charge in [0.1, 0.15) is 5.75 Å². The average molecular weight is 297 g/mol. The van der Waals surface area contributed by atoms with Crippen molar-refractivity contribution in [3.63, 3.8) is 0 Å². The molecule has 2 rings (SSSR count). The smallest absolute Gasteiger partial charge is 0.122 e. The Labute approximate surface area is 134 Å². The summed E-state index contributed by atoms with van der Waals surface area (Å²) >= 11 is 0. The Morgan fingerprint density at radius 2 is 1.68 bits per heavy atom. The van der Waals surface area contributed by atoms with E-state index in [9.17, 15) is 0 Å². The van der Waals surface area contributed by atoms with Gasteiger partial charge in [0.2, 0.25) is 0 Å². The molecule has 0 saturated carbocycles. The first-order valence-corrected chi connectivity index (χ1v) is 8.08. The van der Waals surface area contributed by atoms with Gasteiger partial charge in [-0.05, 0) is 74.4 Å². The highest BCUT2D eigenvalue weighted by atomic mass is 16.5. The molecule has 0 aliphatic heterocycles. The SMILES string of the molecule is Cc1ccccc1C(CN)CCCOc1cccc(C)c1C. The molecule has 2 aromatic rings. The lowest BCUT2D eigenvalue weighted by atomic mass is 9.91. The highest BCUT2D eigenvalue weighted by molar-refractivity contribution is 5.38. The third-order valence-corrected chi connectivity index (χ3v) is 4.42. The van der Waals surface area contributed by atoms with Crippen LogP contribution < -0.4 is 10.5 Å². The normalized spacial score (nSPS) is 12.2. The predicted molar refractivity (Wildman–Crippen MR) is 93.6 cm³/mol. The van der Waals surface area contributed by atoms with Crippen molar-refractivity contribution >= 4 is 0 Å². The first-order valence-electron chi connectivity index (χ1n) is 8.08. The lowest BCUT2D eigenvalue weighted by Gasteiger charge is -2.18. The largest absolute Gasteiger partial charge is 0.493 e. The van der Waals surface area contributed by atoms with Crippen LogP contribution in [-0.2, 0) is 0 Å². The third kappa shape index (κ3) is 4.11. The van der Waals surface area contributed by atoms with Crippen LogP contribution in [0.2, 0.25) is 0 Å². The van der Waals surface area contributed by atoms with Gasteiger partial charge in [-0.2, -0.15) is 0 Å². The van der Waals surface area contributed by atoms with Crippen LogP contribution in [0.1, 0.15) is 41.0 Å². The van der Waals surface area contributed by atoms with Crippen molar-refractivity contribution < 1.29 is 4.74 Å². The summed E-state index contributed by atoms with van der Waals surface area (Å²) in [6, 6.07) is 14.7. The van der Waals surface area contributed by atoms with E-state index < -0.39 is 0 Å². The number of ether oxygens (including phenoxy) is 1. The van der Waals surface area contributed by atoms with E-state index >= 15 is 0 Å². The summed E-state index contributed by atoms with van der Waals surface area (Å²) in [6.45, 7) is 7.82. The van der Waals surface area contributed by atoms with Crippen LogP contribution in [0, 0.1) is 20.8 Å². The van der Waals surface area contributed by atoms with Crippen LogP contribution in [0.4, 0.5) is 0 Å². The molecule has 2 heteroatoms. The summed E-state index contributed by atoms with van der Waals surface area (Å²) in [7, 11) is 0. The zero-order valence-electron chi connectivity index (χ0n) is 13.9. The quantitative estimate of drug-likeness (QED) is 0.763. The van der Waals surface area contributed by atoms with Crippen molar-refractivity contribution in [1.82, 2.24) is 0 Å². The Bertz CT molecular complexity index is 606. The van der Waals surface area contributed by atoms with Crippen LogP contribution >= 0.6 is 0 Å². The highest BCUT2D eigenvalue weighted by Gasteiger charge is 2.11. The number of hydrogen-bond acceptors (Lipinski definition) is 2. The van der Waals surface area contributed by atoms with Crippen LogP contribution in [-0.4, -0.2) is 13.2 Å². The van der Waals surface area contributed by atoms with E-state index in [4.69, 9.17) is 10.5 Å². The number of benzene rings is 2. The van der Waals surface area contributed by atoms with Gasteiger partial charge in [-0.15, -0.1) is 0 Å². The maximum atomic E-state index is 5.97. The Hall–Kier alpha value is -1.80. The van der Waals surface area contributed by atoms with Gasteiger partial charge in [-0.3, -0.25) is 0 Å². The molecule has 2 nitrogen and oxygen atoms in total. The van der Waals surface area contributed by atoms with E-state index in [-0.39, 0.29) is 0 Å². The summed E-state index contributed by atoms with van der Waals surface area (Å²) in [5.74, 6) is 1.42. The van der Waals surface area contributed by atoms with Gasteiger partial charge >= 0.3 is 0 Å².